The Kier molecular flexibility index (Phi) is 3.97. The Labute approximate surface area is 120 Å². The molecule has 0 spiro atoms. The van der Waals surface area contributed by atoms with Gasteiger partial charge < -0.3 is 10.1 Å². The largest absolute Gasteiger partial charge is 0.497 e. The molecule has 1 aliphatic rings. The lowest BCUT2D eigenvalue weighted by Crippen LogP contribution is -2.28. The van der Waals surface area contributed by atoms with Crippen LogP contribution in [0.2, 0.25) is 0 Å². The Balaban J connectivity index is 1.85. The van der Waals surface area contributed by atoms with Crippen molar-refractivity contribution in [2.24, 2.45) is 0 Å². The predicted octanol–water partition coefficient (Wildman–Crippen LogP) is 3.22. The number of ether oxygens (including phenoxy) is 1. The molecule has 1 aromatic carbocycles. The van der Waals surface area contributed by atoms with E-state index >= 15 is 0 Å². The van der Waals surface area contributed by atoms with Crippen molar-refractivity contribution in [1.82, 2.24) is 10.3 Å². The van der Waals surface area contributed by atoms with Crippen molar-refractivity contribution in [2.75, 3.05) is 20.2 Å². The van der Waals surface area contributed by atoms with Gasteiger partial charge in [0.05, 0.1) is 12.8 Å². The zero-order valence-electron chi connectivity index (χ0n) is 11.8. The summed E-state index contributed by atoms with van der Waals surface area (Å²) >= 11 is 0. The topological polar surface area (TPSA) is 34.1 Å². The van der Waals surface area contributed by atoms with Gasteiger partial charge in [-0.2, -0.15) is 0 Å². The average molecular weight is 268 g/mol. The molecule has 0 radical (unpaired) electrons. The minimum Gasteiger partial charge on any atom is -0.497 e. The van der Waals surface area contributed by atoms with Crippen LogP contribution in [0.5, 0.6) is 5.75 Å². The summed E-state index contributed by atoms with van der Waals surface area (Å²) in [5.41, 5.74) is 3.56. The van der Waals surface area contributed by atoms with Crippen LogP contribution in [0.4, 0.5) is 0 Å². The van der Waals surface area contributed by atoms with E-state index in [0.717, 1.165) is 30.1 Å². The first kappa shape index (κ1) is 13.1. The van der Waals surface area contributed by atoms with E-state index in [9.17, 15) is 0 Å². The summed E-state index contributed by atoms with van der Waals surface area (Å²) in [7, 11) is 1.68. The quantitative estimate of drug-likeness (QED) is 0.928. The highest BCUT2D eigenvalue weighted by Crippen LogP contribution is 2.27. The molecule has 1 fully saturated rings. The monoisotopic (exact) mass is 268 g/mol. The second kappa shape index (κ2) is 6.06. The van der Waals surface area contributed by atoms with Gasteiger partial charge in [0.1, 0.15) is 5.75 Å². The zero-order chi connectivity index (χ0) is 13.8. The van der Waals surface area contributed by atoms with Gasteiger partial charge in [0.15, 0.2) is 0 Å². The molecule has 1 saturated heterocycles. The number of nitrogens with one attached hydrogen (secondary N) is 1. The standard InChI is InChI=1S/C17H20N2O/c1-20-16-6-4-13(5-7-16)17-11-14(8-10-19-17)15-3-2-9-18-12-15/h4-8,10-11,15,18H,2-3,9,12H2,1H3. The molecule has 1 aliphatic heterocycles. The fraction of sp³-hybridized carbons (Fsp3) is 0.353. The molecule has 1 unspecified atom stereocenters. The summed E-state index contributed by atoms with van der Waals surface area (Å²) in [5.74, 6) is 1.49. The van der Waals surface area contributed by atoms with Crippen LogP contribution in [0.25, 0.3) is 11.3 Å². The Morgan fingerprint density at radius 1 is 1.20 bits per heavy atom. The minimum atomic E-state index is 0.615. The molecule has 1 atom stereocenters. The number of rotatable bonds is 3. The Hall–Kier alpha value is -1.87. The molecule has 0 amide bonds. The lowest BCUT2D eigenvalue weighted by atomic mass is 9.91. The lowest BCUT2D eigenvalue weighted by molar-refractivity contribution is 0.415. The summed E-state index contributed by atoms with van der Waals surface area (Å²) in [6.45, 7) is 2.22. The number of hydrogen-bond acceptors (Lipinski definition) is 3. The maximum Gasteiger partial charge on any atom is 0.118 e. The number of methoxy groups -OCH3 is 1. The van der Waals surface area contributed by atoms with Crippen LogP contribution in [-0.2, 0) is 0 Å². The van der Waals surface area contributed by atoms with Gasteiger partial charge in [-0.3, -0.25) is 4.98 Å². The molecule has 3 rings (SSSR count). The zero-order valence-corrected chi connectivity index (χ0v) is 11.8. The van der Waals surface area contributed by atoms with Crippen molar-refractivity contribution in [3.63, 3.8) is 0 Å². The maximum atomic E-state index is 5.20. The Bertz CT molecular complexity index is 559. The van der Waals surface area contributed by atoms with Gasteiger partial charge in [0, 0.05) is 18.3 Å². The number of aromatic nitrogens is 1. The summed E-state index contributed by atoms with van der Waals surface area (Å²) in [6, 6.07) is 12.4. The Morgan fingerprint density at radius 3 is 2.75 bits per heavy atom. The van der Waals surface area contributed by atoms with Crippen molar-refractivity contribution in [3.05, 3.63) is 48.2 Å². The molecule has 1 aromatic heterocycles. The van der Waals surface area contributed by atoms with E-state index in [0.29, 0.717) is 5.92 Å². The van der Waals surface area contributed by atoms with E-state index in [1.165, 1.54) is 18.4 Å². The smallest absolute Gasteiger partial charge is 0.118 e. The van der Waals surface area contributed by atoms with Crippen LogP contribution >= 0.6 is 0 Å². The summed E-state index contributed by atoms with van der Waals surface area (Å²) in [6.07, 6.45) is 4.44. The first-order chi connectivity index (χ1) is 9.86. The van der Waals surface area contributed by atoms with Gasteiger partial charge in [-0.15, -0.1) is 0 Å². The van der Waals surface area contributed by atoms with Gasteiger partial charge in [-0.05, 0) is 67.3 Å². The predicted molar refractivity (Wildman–Crippen MR) is 81.1 cm³/mol. The maximum absolute atomic E-state index is 5.20. The van der Waals surface area contributed by atoms with Crippen LogP contribution < -0.4 is 10.1 Å². The Morgan fingerprint density at radius 2 is 2.05 bits per heavy atom. The number of pyridine rings is 1. The van der Waals surface area contributed by atoms with Crippen LogP contribution in [-0.4, -0.2) is 25.2 Å². The SMILES string of the molecule is COc1ccc(-c2cc(C3CCCNC3)ccn2)cc1. The van der Waals surface area contributed by atoms with E-state index in [1.54, 1.807) is 7.11 Å². The van der Waals surface area contributed by atoms with Crippen molar-refractivity contribution < 1.29 is 4.74 Å². The molecule has 0 saturated carbocycles. The van der Waals surface area contributed by atoms with Crippen LogP contribution in [0.1, 0.15) is 24.3 Å². The summed E-state index contributed by atoms with van der Waals surface area (Å²) in [5, 5.41) is 3.47. The van der Waals surface area contributed by atoms with Gasteiger partial charge in [-0.25, -0.2) is 0 Å². The molecular weight excluding hydrogens is 248 g/mol. The summed E-state index contributed by atoms with van der Waals surface area (Å²) < 4.78 is 5.20. The average Bonchev–Trinajstić information content (AvgIpc) is 2.56. The van der Waals surface area contributed by atoms with E-state index in [-0.39, 0.29) is 0 Å². The highest BCUT2D eigenvalue weighted by molar-refractivity contribution is 5.60. The molecule has 2 aromatic rings. The van der Waals surface area contributed by atoms with Crippen molar-refractivity contribution in [3.8, 4) is 17.0 Å². The van der Waals surface area contributed by atoms with Crippen molar-refractivity contribution in [2.45, 2.75) is 18.8 Å². The van der Waals surface area contributed by atoms with Crippen molar-refractivity contribution >= 4 is 0 Å². The second-order valence-electron chi connectivity index (χ2n) is 5.25. The van der Waals surface area contributed by atoms with E-state index in [4.69, 9.17) is 4.74 Å². The molecule has 1 N–H and O–H groups in total. The van der Waals surface area contributed by atoms with E-state index in [2.05, 4.69) is 34.6 Å². The third kappa shape index (κ3) is 2.83. The highest BCUT2D eigenvalue weighted by Gasteiger charge is 2.15. The normalized spacial score (nSPS) is 18.8. The molecule has 0 aliphatic carbocycles. The second-order valence-corrected chi connectivity index (χ2v) is 5.25. The molecule has 20 heavy (non-hydrogen) atoms. The van der Waals surface area contributed by atoms with Crippen LogP contribution in [0, 0.1) is 0 Å². The van der Waals surface area contributed by atoms with Crippen molar-refractivity contribution in [1.29, 1.82) is 0 Å². The van der Waals surface area contributed by atoms with Gasteiger partial charge in [-0.1, -0.05) is 0 Å². The van der Waals surface area contributed by atoms with E-state index in [1.807, 2.05) is 18.3 Å². The van der Waals surface area contributed by atoms with Gasteiger partial charge >= 0.3 is 0 Å². The lowest BCUT2D eigenvalue weighted by Gasteiger charge is -2.23. The number of benzene rings is 1. The third-order valence-electron chi connectivity index (χ3n) is 3.94. The fourth-order valence-corrected chi connectivity index (χ4v) is 2.76. The number of nitrogens with zero attached hydrogens (tertiary/aromatic N) is 1. The van der Waals surface area contributed by atoms with Crippen LogP contribution in [0.3, 0.4) is 0 Å². The molecule has 2 heterocycles. The van der Waals surface area contributed by atoms with Crippen LogP contribution in [0.15, 0.2) is 42.6 Å². The first-order valence-corrected chi connectivity index (χ1v) is 7.18. The highest BCUT2D eigenvalue weighted by atomic mass is 16.5. The fourth-order valence-electron chi connectivity index (χ4n) is 2.76. The number of hydrogen-bond donors (Lipinski definition) is 1. The third-order valence-corrected chi connectivity index (χ3v) is 3.94. The molecule has 0 bridgehead atoms. The van der Waals surface area contributed by atoms with Gasteiger partial charge in [0.25, 0.3) is 0 Å². The molecular formula is C17H20N2O. The minimum absolute atomic E-state index is 0.615. The van der Waals surface area contributed by atoms with E-state index < -0.39 is 0 Å². The molecule has 3 nitrogen and oxygen atoms in total. The first-order valence-electron chi connectivity index (χ1n) is 7.18. The van der Waals surface area contributed by atoms with Gasteiger partial charge in [0.2, 0.25) is 0 Å². The number of piperidine rings is 1. The molecule has 3 heteroatoms. The summed E-state index contributed by atoms with van der Waals surface area (Å²) in [4.78, 5) is 4.50. The molecule has 104 valence electrons.